The fourth-order valence-electron chi connectivity index (χ4n) is 1.03. The zero-order valence-electron chi connectivity index (χ0n) is 8.33. The molecule has 0 fully saturated rings. The third kappa shape index (κ3) is 3.72. The molecular weight excluding hydrogens is 218 g/mol. The molecule has 0 aliphatic carbocycles. The quantitative estimate of drug-likeness (QED) is 0.846. The van der Waals surface area contributed by atoms with E-state index < -0.39 is 0 Å². The van der Waals surface area contributed by atoms with Crippen molar-refractivity contribution in [2.45, 2.75) is 19.4 Å². The van der Waals surface area contributed by atoms with E-state index in [4.69, 9.17) is 11.6 Å². The smallest absolute Gasteiger partial charge is 0.222 e. The molecule has 0 bridgehead atoms. The van der Waals surface area contributed by atoms with E-state index in [1.807, 2.05) is 11.8 Å². The van der Waals surface area contributed by atoms with Crippen LogP contribution in [-0.2, 0) is 0 Å². The molecule has 1 aromatic rings. The molecule has 0 spiro atoms. The summed E-state index contributed by atoms with van der Waals surface area (Å²) in [5, 5.41) is 3.82. The monoisotopic (exact) mass is 231 g/mol. The molecule has 14 heavy (non-hydrogen) atoms. The van der Waals surface area contributed by atoms with Crippen LogP contribution in [-0.4, -0.2) is 28.0 Å². The summed E-state index contributed by atoms with van der Waals surface area (Å²) in [5.41, 5.74) is 0. The van der Waals surface area contributed by atoms with Gasteiger partial charge in [-0.3, -0.25) is 0 Å². The Hall–Kier alpha value is -0.480. The van der Waals surface area contributed by atoms with E-state index >= 15 is 0 Å². The molecule has 1 unspecified atom stereocenters. The number of nitrogens with one attached hydrogen (secondary N) is 1. The standard InChI is InChI=1S/C9H14ClN3S/c1-3-8(6-14-2)13-9-11-4-7(10)5-12-9/h4-5,8H,3,6H2,1-2H3,(H,11,12,13). The first-order valence-corrected chi connectivity index (χ1v) is 6.26. The second-order valence-electron chi connectivity index (χ2n) is 2.93. The molecule has 1 N–H and O–H groups in total. The lowest BCUT2D eigenvalue weighted by atomic mass is 10.3. The van der Waals surface area contributed by atoms with Crippen LogP contribution in [0, 0.1) is 0 Å². The van der Waals surface area contributed by atoms with E-state index in [1.165, 1.54) is 0 Å². The zero-order valence-corrected chi connectivity index (χ0v) is 9.90. The molecule has 5 heteroatoms. The first-order chi connectivity index (χ1) is 6.76. The minimum atomic E-state index is 0.422. The number of aromatic nitrogens is 2. The van der Waals surface area contributed by atoms with Gasteiger partial charge in [0.15, 0.2) is 0 Å². The highest BCUT2D eigenvalue weighted by atomic mass is 35.5. The lowest BCUT2D eigenvalue weighted by molar-refractivity contribution is 0.763. The lowest BCUT2D eigenvalue weighted by Gasteiger charge is -2.14. The number of nitrogens with zero attached hydrogens (tertiary/aromatic N) is 2. The Morgan fingerprint density at radius 3 is 2.64 bits per heavy atom. The van der Waals surface area contributed by atoms with Crippen LogP contribution >= 0.6 is 23.4 Å². The van der Waals surface area contributed by atoms with Gasteiger partial charge in [-0.15, -0.1) is 0 Å². The van der Waals surface area contributed by atoms with Gasteiger partial charge in [-0.2, -0.15) is 11.8 Å². The lowest BCUT2D eigenvalue weighted by Crippen LogP contribution is -2.22. The van der Waals surface area contributed by atoms with Gasteiger partial charge < -0.3 is 5.32 Å². The Kier molecular flexibility index (Phi) is 5.04. The molecule has 1 heterocycles. The van der Waals surface area contributed by atoms with Crippen LogP contribution in [0.2, 0.25) is 5.02 Å². The van der Waals surface area contributed by atoms with Crippen molar-refractivity contribution in [3.63, 3.8) is 0 Å². The van der Waals surface area contributed by atoms with Gasteiger partial charge in [0.1, 0.15) is 0 Å². The molecule has 0 aromatic carbocycles. The summed E-state index contributed by atoms with van der Waals surface area (Å²) >= 11 is 7.50. The van der Waals surface area contributed by atoms with Crippen LogP contribution in [0.25, 0.3) is 0 Å². The van der Waals surface area contributed by atoms with Crippen molar-refractivity contribution in [1.29, 1.82) is 0 Å². The Balaban J connectivity index is 2.53. The molecule has 0 saturated carbocycles. The van der Waals surface area contributed by atoms with Crippen molar-refractivity contribution in [2.75, 3.05) is 17.3 Å². The molecule has 0 amide bonds. The number of hydrogen-bond acceptors (Lipinski definition) is 4. The predicted molar refractivity (Wildman–Crippen MR) is 63.1 cm³/mol. The van der Waals surface area contributed by atoms with Crippen LogP contribution in [0.1, 0.15) is 13.3 Å². The summed E-state index contributed by atoms with van der Waals surface area (Å²) in [4.78, 5) is 8.17. The molecule has 0 aliphatic heterocycles. The summed E-state index contributed by atoms with van der Waals surface area (Å²) in [5.74, 6) is 1.71. The second kappa shape index (κ2) is 6.09. The molecule has 78 valence electrons. The second-order valence-corrected chi connectivity index (χ2v) is 4.28. The minimum Gasteiger partial charge on any atom is -0.351 e. The van der Waals surface area contributed by atoms with Crippen molar-refractivity contribution in [3.8, 4) is 0 Å². The van der Waals surface area contributed by atoms with Gasteiger partial charge in [-0.05, 0) is 12.7 Å². The topological polar surface area (TPSA) is 37.8 Å². The average Bonchev–Trinajstić information content (AvgIpc) is 2.20. The number of halogens is 1. The highest BCUT2D eigenvalue weighted by Crippen LogP contribution is 2.09. The minimum absolute atomic E-state index is 0.422. The third-order valence-corrected chi connectivity index (χ3v) is 2.75. The van der Waals surface area contributed by atoms with Crippen LogP contribution in [0.4, 0.5) is 5.95 Å². The molecule has 3 nitrogen and oxygen atoms in total. The summed E-state index contributed by atoms with van der Waals surface area (Å²) in [7, 11) is 0. The molecule has 0 aliphatic rings. The van der Waals surface area contributed by atoms with Gasteiger partial charge in [0.2, 0.25) is 5.95 Å². The van der Waals surface area contributed by atoms with Crippen molar-refractivity contribution >= 4 is 29.3 Å². The van der Waals surface area contributed by atoms with E-state index in [2.05, 4.69) is 28.5 Å². The van der Waals surface area contributed by atoms with Crippen LogP contribution in [0.15, 0.2) is 12.4 Å². The van der Waals surface area contributed by atoms with E-state index in [1.54, 1.807) is 12.4 Å². The van der Waals surface area contributed by atoms with Gasteiger partial charge >= 0.3 is 0 Å². The summed E-state index contributed by atoms with van der Waals surface area (Å²) in [6.45, 7) is 2.14. The zero-order chi connectivity index (χ0) is 10.4. The molecule has 0 saturated heterocycles. The largest absolute Gasteiger partial charge is 0.351 e. The summed E-state index contributed by atoms with van der Waals surface area (Å²) in [6, 6.07) is 0.422. The van der Waals surface area contributed by atoms with Crippen molar-refractivity contribution < 1.29 is 0 Å². The average molecular weight is 232 g/mol. The van der Waals surface area contributed by atoms with Crippen molar-refractivity contribution in [2.24, 2.45) is 0 Å². The maximum absolute atomic E-state index is 5.69. The fraction of sp³-hybridized carbons (Fsp3) is 0.556. The van der Waals surface area contributed by atoms with Crippen molar-refractivity contribution in [3.05, 3.63) is 17.4 Å². The maximum atomic E-state index is 5.69. The van der Waals surface area contributed by atoms with E-state index in [9.17, 15) is 0 Å². The maximum Gasteiger partial charge on any atom is 0.222 e. The van der Waals surface area contributed by atoms with Crippen molar-refractivity contribution in [1.82, 2.24) is 9.97 Å². The van der Waals surface area contributed by atoms with Crippen LogP contribution in [0.5, 0.6) is 0 Å². The Morgan fingerprint density at radius 2 is 2.14 bits per heavy atom. The normalized spacial score (nSPS) is 12.5. The molecule has 1 rings (SSSR count). The summed E-state index contributed by atoms with van der Waals surface area (Å²) < 4.78 is 0. The SMILES string of the molecule is CCC(CSC)Nc1ncc(Cl)cn1. The van der Waals surface area contributed by atoms with E-state index in [0.717, 1.165) is 12.2 Å². The fourth-order valence-corrected chi connectivity index (χ4v) is 1.85. The van der Waals surface area contributed by atoms with Gasteiger partial charge in [0, 0.05) is 11.8 Å². The van der Waals surface area contributed by atoms with Gasteiger partial charge in [0.05, 0.1) is 17.4 Å². The summed E-state index contributed by atoms with van der Waals surface area (Å²) in [6.07, 6.45) is 6.35. The Morgan fingerprint density at radius 1 is 1.50 bits per heavy atom. The van der Waals surface area contributed by atoms with E-state index in [-0.39, 0.29) is 0 Å². The first kappa shape index (κ1) is 11.6. The molecule has 0 radical (unpaired) electrons. The van der Waals surface area contributed by atoms with Gasteiger partial charge in [-0.25, -0.2) is 9.97 Å². The highest BCUT2D eigenvalue weighted by molar-refractivity contribution is 7.98. The van der Waals surface area contributed by atoms with Crippen LogP contribution in [0.3, 0.4) is 0 Å². The molecular formula is C9H14ClN3S. The highest BCUT2D eigenvalue weighted by Gasteiger charge is 2.06. The Bertz CT molecular complexity index is 265. The molecule has 1 aromatic heterocycles. The number of anilines is 1. The number of rotatable bonds is 5. The molecule has 1 atom stereocenters. The number of hydrogen-bond donors (Lipinski definition) is 1. The Labute approximate surface area is 93.7 Å². The third-order valence-electron chi connectivity index (χ3n) is 1.81. The van der Waals surface area contributed by atoms with E-state index in [0.29, 0.717) is 17.0 Å². The van der Waals surface area contributed by atoms with Crippen LogP contribution < -0.4 is 5.32 Å². The number of thioether (sulfide) groups is 1. The first-order valence-electron chi connectivity index (χ1n) is 4.49. The van der Waals surface area contributed by atoms with Gasteiger partial charge in [0.25, 0.3) is 0 Å². The van der Waals surface area contributed by atoms with Gasteiger partial charge in [-0.1, -0.05) is 18.5 Å². The predicted octanol–water partition coefficient (Wildman–Crippen LogP) is 2.68.